The van der Waals surface area contributed by atoms with Crippen molar-refractivity contribution < 1.29 is 9.47 Å². The Morgan fingerprint density at radius 3 is 1.50 bits per heavy atom. The Bertz CT molecular complexity index is 1450. The molecular formula is C45H67N3O2. The third-order valence-electron chi connectivity index (χ3n) is 9.11. The molecule has 1 aromatic heterocycles. The lowest BCUT2D eigenvalue weighted by Gasteiger charge is -2.19. The minimum Gasteiger partial charge on any atom is -0.494 e. The van der Waals surface area contributed by atoms with E-state index >= 15 is 0 Å². The standard InChI is InChI=1S/C27H36N2O.C18H31NO/c1-27(2,3)22-14-16-23(17-15-22)30-21-11-7-5-4-6-10-19-28-26-18-20-29-25-13-9-8-12-24(25)26;1-18(2,3)16-10-12-17(13-11-16)20-15-9-7-5-4-6-8-14-19/h8-9,12-18,20H,4-7,10-11,19,21H2,1-3H3,(H,28,29);10-13H,4-9,14-15,19H2,1-3H3. The van der Waals surface area contributed by atoms with Crippen LogP contribution in [-0.2, 0) is 10.8 Å². The number of fused-ring (bicyclic) bond motifs is 1. The van der Waals surface area contributed by atoms with Gasteiger partial charge in [0, 0.05) is 23.8 Å². The Kier molecular flexibility index (Phi) is 18.2. The number of pyridine rings is 1. The van der Waals surface area contributed by atoms with Crippen molar-refractivity contribution in [2.24, 2.45) is 5.73 Å². The quantitative estimate of drug-likeness (QED) is 0.0909. The van der Waals surface area contributed by atoms with Crippen LogP contribution in [0.15, 0.2) is 85.1 Å². The fourth-order valence-corrected chi connectivity index (χ4v) is 5.84. The van der Waals surface area contributed by atoms with Gasteiger partial charge in [-0.05, 0) is 90.6 Å². The first-order chi connectivity index (χ1) is 24.1. The van der Waals surface area contributed by atoms with Crippen molar-refractivity contribution in [3.63, 3.8) is 0 Å². The van der Waals surface area contributed by atoms with Crippen LogP contribution in [0.25, 0.3) is 10.9 Å². The number of ether oxygens (including phenoxy) is 2. The normalized spacial score (nSPS) is 11.6. The van der Waals surface area contributed by atoms with E-state index in [0.717, 1.165) is 62.6 Å². The lowest BCUT2D eigenvalue weighted by Crippen LogP contribution is -2.10. The molecule has 0 aliphatic heterocycles. The summed E-state index contributed by atoms with van der Waals surface area (Å²) < 4.78 is 11.7. The van der Waals surface area contributed by atoms with E-state index in [0.29, 0.717) is 0 Å². The zero-order chi connectivity index (χ0) is 36.1. The summed E-state index contributed by atoms with van der Waals surface area (Å²) in [5.74, 6) is 1.97. The molecule has 0 amide bonds. The maximum atomic E-state index is 5.89. The molecule has 274 valence electrons. The Balaban J connectivity index is 0.000000295. The van der Waals surface area contributed by atoms with Crippen LogP contribution in [0.4, 0.5) is 5.69 Å². The molecule has 0 saturated heterocycles. The summed E-state index contributed by atoms with van der Waals surface area (Å²) in [4.78, 5) is 4.42. The van der Waals surface area contributed by atoms with Crippen LogP contribution in [0, 0.1) is 0 Å². The molecule has 0 fully saturated rings. The number of benzene rings is 3. The van der Waals surface area contributed by atoms with Crippen LogP contribution in [-0.4, -0.2) is 31.3 Å². The summed E-state index contributed by atoms with van der Waals surface area (Å²) in [5.41, 5.74) is 10.8. The van der Waals surface area contributed by atoms with Crippen molar-refractivity contribution >= 4 is 16.6 Å². The molecule has 1 heterocycles. The number of nitrogens with one attached hydrogen (secondary N) is 1. The largest absolute Gasteiger partial charge is 0.494 e. The van der Waals surface area contributed by atoms with Crippen LogP contribution in [0.5, 0.6) is 11.5 Å². The van der Waals surface area contributed by atoms with Gasteiger partial charge in [0.1, 0.15) is 11.5 Å². The van der Waals surface area contributed by atoms with Crippen LogP contribution in [0.2, 0.25) is 0 Å². The molecule has 3 N–H and O–H groups in total. The van der Waals surface area contributed by atoms with E-state index in [4.69, 9.17) is 15.2 Å². The lowest BCUT2D eigenvalue weighted by atomic mass is 9.87. The van der Waals surface area contributed by atoms with Gasteiger partial charge in [0.05, 0.1) is 18.7 Å². The molecule has 4 rings (SSSR count). The van der Waals surface area contributed by atoms with Gasteiger partial charge in [0.25, 0.3) is 0 Å². The second-order valence-corrected chi connectivity index (χ2v) is 15.6. The number of rotatable bonds is 20. The molecule has 5 nitrogen and oxygen atoms in total. The van der Waals surface area contributed by atoms with E-state index in [-0.39, 0.29) is 10.8 Å². The summed E-state index contributed by atoms with van der Waals surface area (Å²) in [6.07, 6.45) is 16.7. The minimum absolute atomic E-state index is 0.195. The van der Waals surface area contributed by atoms with Crippen LogP contribution in [0.3, 0.4) is 0 Å². The first kappa shape index (κ1) is 40.9. The predicted octanol–water partition coefficient (Wildman–Crippen LogP) is 12.0. The van der Waals surface area contributed by atoms with Gasteiger partial charge >= 0.3 is 0 Å². The van der Waals surface area contributed by atoms with Crippen LogP contribution in [0.1, 0.15) is 130 Å². The van der Waals surface area contributed by atoms with E-state index in [2.05, 4.69) is 125 Å². The summed E-state index contributed by atoms with van der Waals surface area (Å²) in [5, 5.41) is 4.77. The van der Waals surface area contributed by atoms with Crippen molar-refractivity contribution in [2.45, 2.75) is 129 Å². The Hall–Kier alpha value is -3.57. The molecule has 0 saturated carbocycles. The van der Waals surface area contributed by atoms with Crippen molar-refractivity contribution in [1.82, 2.24) is 4.98 Å². The van der Waals surface area contributed by atoms with Gasteiger partial charge in [-0.3, -0.25) is 4.98 Å². The highest BCUT2D eigenvalue weighted by atomic mass is 16.5. The molecule has 5 heteroatoms. The van der Waals surface area contributed by atoms with E-state index in [1.165, 1.54) is 80.0 Å². The summed E-state index contributed by atoms with van der Waals surface area (Å²) in [6.45, 7) is 16.9. The first-order valence-corrected chi connectivity index (χ1v) is 19.3. The number of nitrogens with zero attached hydrogens (tertiary/aromatic N) is 1. The van der Waals surface area contributed by atoms with Gasteiger partial charge in [-0.2, -0.15) is 0 Å². The molecule has 0 aliphatic carbocycles. The van der Waals surface area contributed by atoms with E-state index in [9.17, 15) is 0 Å². The minimum atomic E-state index is 0.195. The number of hydrogen-bond donors (Lipinski definition) is 2. The molecule has 0 atom stereocenters. The number of anilines is 1. The summed E-state index contributed by atoms with van der Waals surface area (Å²) >= 11 is 0. The van der Waals surface area contributed by atoms with Crippen LogP contribution < -0.4 is 20.5 Å². The predicted molar refractivity (Wildman–Crippen MR) is 216 cm³/mol. The van der Waals surface area contributed by atoms with E-state index in [1.807, 2.05) is 12.3 Å². The third kappa shape index (κ3) is 16.0. The topological polar surface area (TPSA) is 69.4 Å². The number of unbranched alkanes of at least 4 members (excludes halogenated alkanes) is 10. The fraction of sp³-hybridized carbons (Fsp3) is 0.533. The molecule has 0 spiro atoms. The smallest absolute Gasteiger partial charge is 0.119 e. The number of aromatic nitrogens is 1. The molecule has 0 bridgehead atoms. The van der Waals surface area contributed by atoms with Crippen molar-refractivity contribution in [1.29, 1.82) is 0 Å². The lowest BCUT2D eigenvalue weighted by molar-refractivity contribution is 0.304. The van der Waals surface area contributed by atoms with Gasteiger partial charge in [-0.1, -0.05) is 135 Å². The molecule has 0 unspecified atom stereocenters. The van der Waals surface area contributed by atoms with Gasteiger partial charge in [0.2, 0.25) is 0 Å². The van der Waals surface area contributed by atoms with Gasteiger partial charge < -0.3 is 20.5 Å². The zero-order valence-electron chi connectivity index (χ0n) is 32.2. The number of hydrogen-bond acceptors (Lipinski definition) is 5. The molecule has 4 aromatic rings. The Morgan fingerprint density at radius 1 is 0.540 bits per heavy atom. The molecule has 50 heavy (non-hydrogen) atoms. The fourth-order valence-electron chi connectivity index (χ4n) is 5.84. The molecule has 3 aromatic carbocycles. The monoisotopic (exact) mass is 682 g/mol. The third-order valence-corrected chi connectivity index (χ3v) is 9.11. The molecule has 0 radical (unpaired) electrons. The van der Waals surface area contributed by atoms with Gasteiger partial charge in [-0.15, -0.1) is 0 Å². The average Bonchev–Trinajstić information content (AvgIpc) is 3.10. The molecule has 0 aliphatic rings. The SMILES string of the molecule is CC(C)(C)c1ccc(OCCCCCCCCN)cc1.CC(C)(C)c1ccc(OCCCCCCCCNc2ccnc3ccccc23)cc1. The second-order valence-electron chi connectivity index (χ2n) is 15.6. The zero-order valence-corrected chi connectivity index (χ0v) is 32.2. The maximum Gasteiger partial charge on any atom is 0.119 e. The number of nitrogens with two attached hydrogens (primary N) is 1. The highest BCUT2D eigenvalue weighted by Crippen LogP contribution is 2.26. The molecular weight excluding hydrogens is 615 g/mol. The van der Waals surface area contributed by atoms with Crippen LogP contribution >= 0.6 is 0 Å². The second kappa shape index (κ2) is 22.3. The highest BCUT2D eigenvalue weighted by molar-refractivity contribution is 5.90. The van der Waals surface area contributed by atoms with Crippen molar-refractivity contribution in [3.8, 4) is 11.5 Å². The summed E-state index contributed by atoms with van der Waals surface area (Å²) in [7, 11) is 0. The van der Waals surface area contributed by atoms with Gasteiger partial charge in [-0.25, -0.2) is 0 Å². The number of para-hydroxylation sites is 1. The van der Waals surface area contributed by atoms with Gasteiger partial charge in [0.15, 0.2) is 0 Å². The van der Waals surface area contributed by atoms with E-state index in [1.54, 1.807) is 0 Å². The van der Waals surface area contributed by atoms with E-state index < -0.39 is 0 Å². The highest BCUT2D eigenvalue weighted by Gasteiger charge is 2.14. The Labute approximate surface area is 304 Å². The average molecular weight is 682 g/mol. The Morgan fingerprint density at radius 2 is 1.00 bits per heavy atom. The van der Waals surface area contributed by atoms with Crippen molar-refractivity contribution in [3.05, 3.63) is 96.2 Å². The first-order valence-electron chi connectivity index (χ1n) is 19.3. The summed E-state index contributed by atoms with van der Waals surface area (Å²) in [6, 6.07) is 27.4. The maximum absolute atomic E-state index is 5.89. The van der Waals surface area contributed by atoms with Crippen molar-refractivity contribution in [2.75, 3.05) is 31.6 Å².